The number of aliphatic hydroxyl groups is 1. The molecule has 1 aromatic carbocycles. The Morgan fingerprint density at radius 2 is 2.08 bits per heavy atom. The molecule has 0 radical (unpaired) electrons. The van der Waals surface area contributed by atoms with E-state index in [2.05, 4.69) is 20.9 Å². The molecule has 4 rings (SSSR count). The first-order valence-corrected chi connectivity index (χ1v) is 9.90. The molecule has 0 unspecified atom stereocenters. The van der Waals surface area contributed by atoms with Gasteiger partial charge in [-0.2, -0.15) is 0 Å². The predicted octanol–water partition coefficient (Wildman–Crippen LogP) is 4.25. The quantitative estimate of drug-likeness (QED) is 0.652. The fourth-order valence-electron chi connectivity index (χ4n) is 2.86. The minimum atomic E-state index is -0.972. The third-order valence-corrected chi connectivity index (χ3v) is 5.93. The highest BCUT2D eigenvalue weighted by Gasteiger charge is 2.40. The number of rotatable bonds is 5. The van der Waals surface area contributed by atoms with Gasteiger partial charge in [0.2, 0.25) is 0 Å². The Morgan fingerprint density at radius 1 is 1.27 bits per heavy atom. The van der Waals surface area contributed by atoms with E-state index in [1.165, 1.54) is 0 Å². The summed E-state index contributed by atoms with van der Waals surface area (Å²) in [6.45, 7) is 3.01. The Hall–Kier alpha value is -1.80. The van der Waals surface area contributed by atoms with Crippen LogP contribution in [-0.4, -0.2) is 34.9 Å². The normalized spacial score (nSPS) is 15.5. The maximum absolute atomic E-state index is 10.6. The Kier molecular flexibility index (Phi) is 4.79. The van der Waals surface area contributed by atoms with Crippen LogP contribution in [0, 0.1) is 0 Å². The summed E-state index contributed by atoms with van der Waals surface area (Å²) < 4.78 is 12.0. The van der Waals surface area contributed by atoms with E-state index < -0.39 is 5.60 Å². The van der Waals surface area contributed by atoms with Crippen molar-refractivity contribution in [2.45, 2.75) is 12.5 Å². The molecule has 134 valence electrons. The van der Waals surface area contributed by atoms with Crippen LogP contribution < -0.4 is 4.74 Å². The van der Waals surface area contributed by atoms with Crippen molar-refractivity contribution in [3.63, 3.8) is 0 Å². The molecule has 0 amide bonds. The number of benzene rings is 1. The van der Waals surface area contributed by atoms with Crippen molar-refractivity contribution < 1.29 is 14.6 Å². The maximum atomic E-state index is 10.6. The van der Waals surface area contributed by atoms with E-state index in [1.807, 2.05) is 36.6 Å². The SMILES string of the molecule is CCOc1cc(-c2cncc(-c3cc(Br)cs3)n2)ccc1C1(O)COC1. The minimum Gasteiger partial charge on any atom is -0.493 e. The number of halogens is 1. The van der Waals surface area contributed by atoms with Gasteiger partial charge in [0.25, 0.3) is 0 Å². The molecule has 1 fully saturated rings. The fraction of sp³-hybridized carbons (Fsp3) is 0.263. The molecular weight excluding hydrogens is 416 g/mol. The van der Waals surface area contributed by atoms with Gasteiger partial charge < -0.3 is 14.6 Å². The molecule has 3 heterocycles. The highest BCUT2D eigenvalue weighted by atomic mass is 79.9. The molecule has 7 heteroatoms. The highest BCUT2D eigenvalue weighted by Crippen LogP contribution is 2.38. The van der Waals surface area contributed by atoms with Gasteiger partial charge >= 0.3 is 0 Å². The summed E-state index contributed by atoms with van der Waals surface area (Å²) in [4.78, 5) is 10.1. The van der Waals surface area contributed by atoms with Crippen LogP contribution in [0.3, 0.4) is 0 Å². The van der Waals surface area contributed by atoms with E-state index in [4.69, 9.17) is 14.5 Å². The summed E-state index contributed by atoms with van der Waals surface area (Å²) in [5.41, 5.74) is 2.26. The second kappa shape index (κ2) is 7.08. The number of ether oxygens (including phenoxy) is 2. The summed E-state index contributed by atoms with van der Waals surface area (Å²) in [5, 5.41) is 12.6. The number of aromatic nitrogens is 2. The fourth-order valence-corrected chi connectivity index (χ4v) is 4.25. The first-order chi connectivity index (χ1) is 12.6. The summed E-state index contributed by atoms with van der Waals surface area (Å²) in [5.74, 6) is 0.655. The average Bonchev–Trinajstić information content (AvgIpc) is 3.07. The van der Waals surface area contributed by atoms with Crippen LogP contribution >= 0.6 is 27.3 Å². The van der Waals surface area contributed by atoms with E-state index in [9.17, 15) is 5.11 Å². The van der Waals surface area contributed by atoms with Gasteiger partial charge in [-0.25, -0.2) is 4.98 Å². The van der Waals surface area contributed by atoms with Crippen LogP contribution in [0.1, 0.15) is 12.5 Å². The van der Waals surface area contributed by atoms with Gasteiger partial charge in [0.15, 0.2) is 0 Å². The van der Waals surface area contributed by atoms with E-state index in [0.29, 0.717) is 12.4 Å². The van der Waals surface area contributed by atoms with Gasteiger partial charge in [-0.15, -0.1) is 11.3 Å². The zero-order valence-electron chi connectivity index (χ0n) is 14.1. The molecule has 0 bridgehead atoms. The molecule has 2 aromatic heterocycles. The van der Waals surface area contributed by atoms with Crippen molar-refractivity contribution in [2.75, 3.05) is 19.8 Å². The predicted molar refractivity (Wildman–Crippen MR) is 104 cm³/mol. The molecule has 0 atom stereocenters. The second-order valence-electron chi connectivity index (χ2n) is 6.09. The molecular formula is C19H17BrN2O3S. The zero-order chi connectivity index (χ0) is 18.1. The molecule has 1 aliphatic rings. The van der Waals surface area contributed by atoms with Crippen LogP contribution in [0.2, 0.25) is 0 Å². The van der Waals surface area contributed by atoms with Crippen LogP contribution in [0.15, 0.2) is 46.5 Å². The lowest BCUT2D eigenvalue weighted by Gasteiger charge is -2.37. The van der Waals surface area contributed by atoms with E-state index in [0.717, 1.165) is 31.9 Å². The Balaban J connectivity index is 1.73. The van der Waals surface area contributed by atoms with Gasteiger partial charge in [0, 0.05) is 21.0 Å². The molecule has 1 saturated heterocycles. The second-order valence-corrected chi connectivity index (χ2v) is 7.91. The van der Waals surface area contributed by atoms with Gasteiger partial charge in [0.1, 0.15) is 11.4 Å². The first-order valence-electron chi connectivity index (χ1n) is 8.23. The lowest BCUT2D eigenvalue weighted by atomic mass is 9.90. The molecule has 0 spiro atoms. The number of thiophene rings is 1. The molecule has 3 aromatic rings. The third kappa shape index (κ3) is 3.27. The van der Waals surface area contributed by atoms with Crippen molar-refractivity contribution >= 4 is 27.3 Å². The topological polar surface area (TPSA) is 64.5 Å². The average molecular weight is 433 g/mol. The standard InChI is InChI=1S/C19H17BrN2O3S/c1-2-25-17-5-12(3-4-14(17)19(23)10-24-11-19)15-7-21-8-16(22-15)18-6-13(20)9-26-18/h3-9,23H,2,10-11H2,1H3. The molecule has 1 N–H and O–H groups in total. The summed E-state index contributed by atoms with van der Waals surface area (Å²) in [6, 6.07) is 7.76. The van der Waals surface area contributed by atoms with Crippen molar-refractivity contribution in [3.05, 3.63) is 52.1 Å². The highest BCUT2D eigenvalue weighted by molar-refractivity contribution is 9.10. The van der Waals surface area contributed by atoms with Crippen molar-refractivity contribution in [3.8, 4) is 27.6 Å². The molecule has 0 aliphatic carbocycles. The number of hydrogen-bond acceptors (Lipinski definition) is 6. The molecule has 1 aliphatic heterocycles. The van der Waals surface area contributed by atoms with Gasteiger partial charge in [-0.1, -0.05) is 12.1 Å². The third-order valence-electron chi connectivity index (χ3n) is 4.21. The van der Waals surface area contributed by atoms with Crippen molar-refractivity contribution in [1.82, 2.24) is 9.97 Å². The Bertz CT molecular complexity index is 940. The van der Waals surface area contributed by atoms with Crippen LogP contribution in [0.4, 0.5) is 0 Å². The lowest BCUT2D eigenvalue weighted by molar-refractivity contribution is -0.185. The summed E-state index contributed by atoms with van der Waals surface area (Å²) in [6.07, 6.45) is 3.49. The van der Waals surface area contributed by atoms with Crippen molar-refractivity contribution in [1.29, 1.82) is 0 Å². The maximum Gasteiger partial charge on any atom is 0.140 e. The zero-order valence-corrected chi connectivity index (χ0v) is 16.5. The largest absolute Gasteiger partial charge is 0.493 e. The lowest BCUT2D eigenvalue weighted by Crippen LogP contribution is -2.46. The first kappa shape index (κ1) is 17.6. The van der Waals surface area contributed by atoms with E-state index in [-0.39, 0.29) is 13.2 Å². The Labute approximate surface area is 163 Å². The van der Waals surface area contributed by atoms with E-state index >= 15 is 0 Å². The van der Waals surface area contributed by atoms with Crippen molar-refractivity contribution in [2.24, 2.45) is 0 Å². The Morgan fingerprint density at radius 3 is 2.73 bits per heavy atom. The minimum absolute atomic E-state index is 0.287. The van der Waals surface area contributed by atoms with Gasteiger partial charge in [-0.3, -0.25) is 4.98 Å². The molecule has 0 saturated carbocycles. The van der Waals surface area contributed by atoms with Gasteiger partial charge in [-0.05, 0) is 35.0 Å². The molecule has 5 nitrogen and oxygen atoms in total. The number of hydrogen-bond donors (Lipinski definition) is 1. The van der Waals surface area contributed by atoms with Gasteiger partial charge in [0.05, 0.1) is 48.5 Å². The summed E-state index contributed by atoms with van der Waals surface area (Å²) >= 11 is 5.08. The smallest absolute Gasteiger partial charge is 0.140 e. The number of nitrogens with zero attached hydrogens (tertiary/aromatic N) is 2. The molecule has 26 heavy (non-hydrogen) atoms. The van der Waals surface area contributed by atoms with Crippen LogP contribution in [0.25, 0.3) is 21.8 Å². The van der Waals surface area contributed by atoms with E-state index in [1.54, 1.807) is 23.7 Å². The van der Waals surface area contributed by atoms with Crippen LogP contribution in [0.5, 0.6) is 5.75 Å². The van der Waals surface area contributed by atoms with Crippen LogP contribution in [-0.2, 0) is 10.3 Å². The summed E-state index contributed by atoms with van der Waals surface area (Å²) in [7, 11) is 0. The monoisotopic (exact) mass is 432 g/mol.